The van der Waals surface area contributed by atoms with Crippen LogP contribution in [0.25, 0.3) is 0 Å². The zero-order chi connectivity index (χ0) is 14.5. The Morgan fingerprint density at radius 1 is 1.25 bits per heavy atom. The van der Waals surface area contributed by atoms with Gasteiger partial charge < -0.3 is 11.1 Å². The van der Waals surface area contributed by atoms with Crippen molar-refractivity contribution in [2.45, 2.75) is 58.8 Å². The van der Waals surface area contributed by atoms with E-state index in [2.05, 4.69) is 36.1 Å². The van der Waals surface area contributed by atoms with E-state index < -0.39 is 0 Å². The molecule has 1 saturated carbocycles. The van der Waals surface area contributed by atoms with Crippen LogP contribution in [0.3, 0.4) is 0 Å². The molecule has 0 amide bonds. The number of hydrogen-bond donors (Lipinski definition) is 2. The minimum absolute atomic E-state index is 0.342. The molecule has 0 saturated heterocycles. The molecule has 1 fully saturated rings. The van der Waals surface area contributed by atoms with Gasteiger partial charge in [-0.1, -0.05) is 46.5 Å². The lowest BCUT2D eigenvalue weighted by Crippen LogP contribution is -2.17. The van der Waals surface area contributed by atoms with Crippen molar-refractivity contribution in [2.24, 2.45) is 11.8 Å². The SMILES string of the molecule is CC1CCC(CCNc2ncnc(N)c2C(C)C)CC1. The largest absolute Gasteiger partial charge is 0.383 e. The molecule has 112 valence electrons. The molecule has 0 bridgehead atoms. The molecule has 0 atom stereocenters. The van der Waals surface area contributed by atoms with Gasteiger partial charge in [0.1, 0.15) is 18.0 Å². The molecule has 1 aromatic heterocycles. The highest BCUT2D eigenvalue weighted by molar-refractivity contribution is 5.56. The van der Waals surface area contributed by atoms with E-state index >= 15 is 0 Å². The molecule has 1 aliphatic rings. The summed E-state index contributed by atoms with van der Waals surface area (Å²) in [4.78, 5) is 8.45. The van der Waals surface area contributed by atoms with Crippen LogP contribution in [0.15, 0.2) is 6.33 Å². The van der Waals surface area contributed by atoms with Crippen molar-refractivity contribution in [3.63, 3.8) is 0 Å². The Morgan fingerprint density at radius 3 is 2.60 bits per heavy atom. The predicted octanol–water partition coefficient (Wildman–Crippen LogP) is 3.81. The highest BCUT2D eigenvalue weighted by Crippen LogP contribution is 2.31. The molecule has 1 heterocycles. The highest BCUT2D eigenvalue weighted by atomic mass is 15.0. The molecule has 1 aromatic rings. The second-order valence-electron chi connectivity index (χ2n) is 6.52. The third-order valence-electron chi connectivity index (χ3n) is 4.47. The summed E-state index contributed by atoms with van der Waals surface area (Å²) in [5.74, 6) is 3.66. The molecule has 1 aliphatic carbocycles. The summed E-state index contributed by atoms with van der Waals surface area (Å²) >= 11 is 0. The van der Waals surface area contributed by atoms with Crippen molar-refractivity contribution in [3.05, 3.63) is 11.9 Å². The fourth-order valence-corrected chi connectivity index (χ4v) is 3.13. The van der Waals surface area contributed by atoms with Crippen molar-refractivity contribution >= 4 is 11.6 Å². The Morgan fingerprint density at radius 2 is 1.95 bits per heavy atom. The number of nitrogens with one attached hydrogen (secondary N) is 1. The van der Waals surface area contributed by atoms with Crippen LogP contribution in [-0.4, -0.2) is 16.5 Å². The zero-order valence-electron chi connectivity index (χ0n) is 13.0. The van der Waals surface area contributed by atoms with Gasteiger partial charge in [-0.3, -0.25) is 0 Å². The number of aromatic nitrogens is 2. The summed E-state index contributed by atoms with van der Waals surface area (Å²) in [5, 5.41) is 3.46. The van der Waals surface area contributed by atoms with Gasteiger partial charge in [-0.25, -0.2) is 9.97 Å². The molecule has 4 nitrogen and oxygen atoms in total. The van der Waals surface area contributed by atoms with Gasteiger partial charge in [-0.2, -0.15) is 0 Å². The standard InChI is InChI=1S/C16H28N4/c1-11(2)14-15(17)19-10-20-16(14)18-9-8-13-6-4-12(3)5-7-13/h10-13H,4-9H2,1-3H3,(H3,17,18,19,20). The Kier molecular flexibility index (Phi) is 5.21. The quantitative estimate of drug-likeness (QED) is 0.858. The van der Waals surface area contributed by atoms with Crippen LogP contribution in [-0.2, 0) is 0 Å². The van der Waals surface area contributed by atoms with E-state index in [1.807, 2.05) is 0 Å². The first-order valence-electron chi connectivity index (χ1n) is 7.92. The monoisotopic (exact) mass is 276 g/mol. The lowest BCUT2D eigenvalue weighted by molar-refractivity contribution is 0.282. The number of nitrogen functional groups attached to an aromatic ring is 1. The maximum Gasteiger partial charge on any atom is 0.134 e. The molecular weight excluding hydrogens is 248 g/mol. The molecular formula is C16H28N4. The van der Waals surface area contributed by atoms with E-state index in [1.165, 1.54) is 32.1 Å². The van der Waals surface area contributed by atoms with Crippen LogP contribution in [0.5, 0.6) is 0 Å². The van der Waals surface area contributed by atoms with Gasteiger partial charge in [0.2, 0.25) is 0 Å². The smallest absolute Gasteiger partial charge is 0.134 e. The summed E-state index contributed by atoms with van der Waals surface area (Å²) in [6.07, 6.45) is 8.32. The fourth-order valence-electron chi connectivity index (χ4n) is 3.13. The summed E-state index contributed by atoms with van der Waals surface area (Å²) in [5.41, 5.74) is 7.01. The molecule has 0 aromatic carbocycles. The van der Waals surface area contributed by atoms with Crippen molar-refractivity contribution < 1.29 is 0 Å². The second kappa shape index (κ2) is 6.91. The Hall–Kier alpha value is -1.32. The van der Waals surface area contributed by atoms with Crippen LogP contribution in [0.2, 0.25) is 0 Å². The first-order valence-corrected chi connectivity index (χ1v) is 7.92. The van der Waals surface area contributed by atoms with Crippen molar-refractivity contribution in [3.8, 4) is 0 Å². The molecule has 0 radical (unpaired) electrons. The van der Waals surface area contributed by atoms with Gasteiger partial charge in [-0.15, -0.1) is 0 Å². The summed E-state index contributed by atoms with van der Waals surface area (Å²) in [6.45, 7) is 7.60. The lowest BCUT2D eigenvalue weighted by atomic mass is 9.81. The Labute approximate surface area is 122 Å². The molecule has 2 rings (SSSR count). The average Bonchev–Trinajstić information content (AvgIpc) is 2.40. The summed E-state index contributed by atoms with van der Waals surface area (Å²) < 4.78 is 0. The van der Waals surface area contributed by atoms with Crippen molar-refractivity contribution in [2.75, 3.05) is 17.6 Å². The summed E-state index contributed by atoms with van der Waals surface area (Å²) in [6, 6.07) is 0. The van der Waals surface area contributed by atoms with E-state index in [9.17, 15) is 0 Å². The number of nitrogens with two attached hydrogens (primary N) is 1. The Balaban J connectivity index is 1.86. The van der Waals surface area contributed by atoms with Crippen LogP contribution < -0.4 is 11.1 Å². The topological polar surface area (TPSA) is 63.8 Å². The third-order valence-corrected chi connectivity index (χ3v) is 4.47. The third kappa shape index (κ3) is 3.84. The minimum atomic E-state index is 0.342. The maximum absolute atomic E-state index is 5.96. The van der Waals surface area contributed by atoms with E-state index in [1.54, 1.807) is 6.33 Å². The lowest BCUT2D eigenvalue weighted by Gasteiger charge is -2.26. The molecule has 0 unspecified atom stereocenters. The van der Waals surface area contributed by atoms with E-state index in [0.29, 0.717) is 11.7 Å². The summed E-state index contributed by atoms with van der Waals surface area (Å²) in [7, 11) is 0. The van der Waals surface area contributed by atoms with Crippen LogP contribution in [0.1, 0.15) is 64.4 Å². The van der Waals surface area contributed by atoms with Gasteiger partial charge in [0.05, 0.1) is 0 Å². The number of nitrogens with zero attached hydrogens (tertiary/aromatic N) is 2. The Bertz CT molecular complexity index is 422. The van der Waals surface area contributed by atoms with Gasteiger partial charge in [0.15, 0.2) is 0 Å². The number of hydrogen-bond acceptors (Lipinski definition) is 4. The van der Waals surface area contributed by atoms with Crippen LogP contribution >= 0.6 is 0 Å². The zero-order valence-corrected chi connectivity index (χ0v) is 13.0. The normalized spacial score (nSPS) is 23.0. The molecule has 3 N–H and O–H groups in total. The van der Waals surface area contributed by atoms with Gasteiger partial charge in [0.25, 0.3) is 0 Å². The predicted molar refractivity (Wildman–Crippen MR) is 84.8 cm³/mol. The maximum atomic E-state index is 5.96. The first kappa shape index (κ1) is 15.1. The van der Waals surface area contributed by atoms with Crippen LogP contribution in [0.4, 0.5) is 11.6 Å². The van der Waals surface area contributed by atoms with E-state index in [4.69, 9.17) is 5.73 Å². The van der Waals surface area contributed by atoms with Crippen LogP contribution in [0, 0.1) is 11.8 Å². The first-order chi connectivity index (χ1) is 9.58. The second-order valence-corrected chi connectivity index (χ2v) is 6.52. The van der Waals surface area contributed by atoms with Crippen molar-refractivity contribution in [1.82, 2.24) is 9.97 Å². The van der Waals surface area contributed by atoms with Gasteiger partial charge >= 0.3 is 0 Å². The van der Waals surface area contributed by atoms with Gasteiger partial charge in [-0.05, 0) is 24.2 Å². The molecule has 0 spiro atoms. The number of rotatable bonds is 5. The number of anilines is 2. The molecule has 4 heteroatoms. The molecule has 20 heavy (non-hydrogen) atoms. The fraction of sp³-hybridized carbons (Fsp3) is 0.750. The van der Waals surface area contributed by atoms with E-state index in [-0.39, 0.29) is 0 Å². The average molecular weight is 276 g/mol. The van der Waals surface area contributed by atoms with Gasteiger partial charge in [0, 0.05) is 12.1 Å². The van der Waals surface area contributed by atoms with E-state index in [0.717, 1.165) is 29.8 Å². The molecule has 0 aliphatic heterocycles. The van der Waals surface area contributed by atoms with Crippen molar-refractivity contribution in [1.29, 1.82) is 0 Å². The minimum Gasteiger partial charge on any atom is -0.383 e. The highest BCUT2D eigenvalue weighted by Gasteiger charge is 2.18.